The lowest BCUT2D eigenvalue weighted by molar-refractivity contribution is -0.136. The molecule has 0 radical (unpaired) electrons. The third-order valence-electron chi connectivity index (χ3n) is 3.71. The first kappa shape index (κ1) is 17.5. The van der Waals surface area contributed by atoms with Gasteiger partial charge in [0, 0.05) is 23.8 Å². The third kappa shape index (κ3) is 3.85. The van der Waals surface area contributed by atoms with E-state index < -0.39 is 17.8 Å². The first-order chi connectivity index (χ1) is 12.3. The van der Waals surface area contributed by atoms with Crippen molar-refractivity contribution < 1.29 is 18.0 Å². The Kier molecular flexibility index (Phi) is 4.66. The summed E-state index contributed by atoms with van der Waals surface area (Å²) in [5.41, 5.74) is 0.103. The van der Waals surface area contributed by atoms with Gasteiger partial charge in [-0.2, -0.15) is 13.2 Å². The molecule has 2 amide bonds. The van der Waals surface area contributed by atoms with Crippen LogP contribution in [0.4, 0.5) is 29.3 Å². The maximum Gasteiger partial charge on any atom is 0.418 e. The van der Waals surface area contributed by atoms with Crippen molar-refractivity contribution in [1.82, 2.24) is 9.55 Å². The minimum Gasteiger partial charge on any atom is -0.308 e. The highest BCUT2D eigenvalue weighted by atomic mass is 19.4. The highest BCUT2D eigenvalue weighted by molar-refractivity contribution is 6.00. The van der Waals surface area contributed by atoms with E-state index in [-0.39, 0.29) is 5.69 Å². The molecule has 0 aliphatic carbocycles. The van der Waals surface area contributed by atoms with Crippen LogP contribution in [0.2, 0.25) is 0 Å². The summed E-state index contributed by atoms with van der Waals surface area (Å²) in [5, 5.41) is 4.75. The highest BCUT2D eigenvalue weighted by Crippen LogP contribution is 2.34. The second-order valence-electron chi connectivity index (χ2n) is 5.51. The number of alkyl halides is 3. The van der Waals surface area contributed by atoms with Crippen molar-refractivity contribution in [2.75, 3.05) is 10.6 Å². The summed E-state index contributed by atoms with van der Waals surface area (Å²) in [6.07, 6.45) is -1.07. The molecule has 0 saturated heterocycles. The molecule has 0 aliphatic heterocycles. The number of hydrogen-bond acceptors (Lipinski definition) is 2. The van der Waals surface area contributed by atoms with Crippen LogP contribution in [0.3, 0.4) is 0 Å². The number of para-hydroxylation sites is 1. The Morgan fingerprint density at radius 1 is 1.04 bits per heavy atom. The van der Waals surface area contributed by atoms with Gasteiger partial charge in [-0.15, -0.1) is 0 Å². The van der Waals surface area contributed by atoms with E-state index in [0.29, 0.717) is 5.69 Å². The molecule has 0 spiro atoms. The molecule has 26 heavy (non-hydrogen) atoms. The lowest BCUT2D eigenvalue weighted by atomic mass is 10.1. The molecule has 0 saturated carbocycles. The molecule has 0 atom stereocenters. The van der Waals surface area contributed by atoms with Crippen LogP contribution in [-0.2, 0) is 6.18 Å². The van der Waals surface area contributed by atoms with Crippen LogP contribution >= 0.6 is 0 Å². The maximum atomic E-state index is 13.0. The van der Waals surface area contributed by atoms with Gasteiger partial charge in [-0.3, -0.25) is 0 Å². The number of imidazole rings is 1. The van der Waals surface area contributed by atoms with Gasteiger partial charge in [-0.05, 0) is 43.3 Å². The molecule has 3 aromatic rings. The minimum atomic E-state index is -4.55. The van der Waals surface area contributed by atoms with E-state index in [2.05, 4.69) is 15.6 Å². The quantitative estimate of drug-likeness (QED) is 0.702. The van der Waals surface area contributed by atoms with Gasteiger partial charge in [-0.25, -0.2) is 9.78 Å². The highest BCUT2D eigenvalue weighted by Gasteiger charge is 2.33. The van der Waals surface area contributed by atoms with Crippen LogP contribution < -0.4 is 10.6 Å². The van der Waals surface area contributed by atoms with E-state index in [1.807, 2.05) is 11.5 Å². The van der Waals surface area contributed by atoms with E-state index in [9.17, 15) is 18.0 Å². The van der Waals surface area contributed by atoms with Gasteiger partial charge in [-0.1, -0.05) is 12.1 Å². The largest absolute Gasteiger partial charge is 0.418 e. The Bertz CT molecular complexity index is 917. The first-order valence-electron chi connectivity index (χ1n) is 7.69. The SMILES string of the molecule is Cc1nccn1-c1ccc(NC(=O)Nc2ccccc2C(F)(F)F)cc1. The molecule has 3 rings (SSSR count). The van der Waals surface area contributed by atoms with E-state index >= 15 is 0 Å². The fraction of sp³-hybridized carbons (Fsp3) is 0.111. The molecule has 2 aromatic carbocycles. The fourth-order valence-corrected chi connectivity index (χ4v) is 2.48. The van der Waals surface area contributed by atoms with E-state index in [0.717, 1.165) is 17.6 Å². The van der Waals surface area contributed by atoms with E-state index in [1.54, 1.807) is 36.7 Å². The smallest absolute Gasteiger partial charge is 0.308 e. The number of halogens is 3. The zero-order chi connectivity index (χ0) is 18.7. The average molecular weight is 360 g/mol. The molecular weight excluding hydrogens is 345 g/mol. The average Bonchev–Trinajstić information content (AvgIpc) is 3.01. The first-order valence-corrected chi connectivity index (χ1v) is 7.69. The molecule has 1 heterocycles. The molecule has 0 aliphatic rings. The predicted molar refractivity (Wildman–Crippen MR) is 92.4 cm³/mol. The van der Waals surface area contributed by atoms with E-state index in [1.165, 1.54) is 18.2 Å². The summed E-state index contributed by atoms with van der Waals surface area (Å²) >= 11 is 0. The third-order valence-corrected chi connectivity index (χ3v) is 3.71. The van der Waals surface area contributed by atoms with Gasteiger partial charge in [0.25, 0.3) is 0 Å². The molecule has 8 heteroatoms. The summed E-state index contributed by atoms with van der Waals surface area (Å²) < 4.78 is 40.7. The summed E-state index contributed by atoms with van der Waals surface area (Å²) in [7, 11) is 0. The number of amides is 2. The number of aryl methyl sites for hydroxylation is 1. The second kappa shape index (κ2) is 6.91. The van der Waals surface area contributed by atoms with Gasteiger partial charge in [0.05, 0.1) is 11.3 Å². The molecular formula is C18H15F3N4O. The Hall–Kier alpha value is -3.29. The van der Waals surface area contributed by atoms with Gasteiger partial charge in [0.2, 0.25) is 0 Å². The van der Waals surface area contributed by atoms with Crippen molar-refractivity contribution in [3.8, 4) is 5.69 Å². The number of urea groups is 1. The van der Waals surface area contributed by atoms with Crippen molar-refractivity contribution in [2.45, 2.75) is 13.1 Å². The Labute approximate surface area is 147 Å². The standard InChI is InChI=1S/C18H15F3N4O/c1-12-22-10-11-25(12)14-8-6-13(7-9-14)23-17(26)24-16-5-3-2-4-15(16)18(19,20)21/h2-11H,1H3,(H2,23,24,26). The predicted octanol–water partition coefficient (Wildman–Crippen LogP) is 4.84. The van der Waals surface area contributed by atoms with Crippen molar-refractivity contribution in [1.29, 1.82) is 0 Å². The van der Waals surface area contributed by atoms with Gasteiger partial charge < -0.3 is 15.2 Å². The number of carbonyl (C=O) groups excluding carboxylic acids is 1. The topological polar surface area (TPSA) is 59.0 Å². The number of aromatic nitrogens is 2. The molecule has 0 fully saturated rings. The van der Waals surface area contributed by atoms with Crippen molar-refractivity contribution in [3.05, 3.63) is 72.3 Å². The number of hydrogen-bond donors (Lipinski definition) is 2. The van der Waals surface area contributed by atoms with Crippen LogP contribution in [0.1, 0.15) is 11.4 Å². The molecule has 134 valence electrons. The van der Waals surface area contributed by atoms with Crippen LogP contribution in [0, 0.1) is 6.92 Å². The van der Waals surface area contributed by atoms with Crippen molar-refractivity contribution >= 4 is 17.4 Å². The second-order valence-corrected chi connectivity index (χ2v) is 5.51. The Morgan fingerprint density at radius 2 is 1.73 bits per heavy atom. The molecule has 0 unspecified atom stereocenters. The van der Waals surface area contributed by atoms with Crippen LogP contribution in [0.25, 0.3) is 5.69 Å². The molecule has 5 nitrogen and oxygen atoms in total. The minimum absolute atomic E-state index is 0.303. The van der Waals surface area contributed by atoms with Crippen LogP contribution in [-0.4, -0.2) is 15.6 Å². The molecule has 1 aromatic heterocycles. The number of carbonyl (C=O) groups is 1. The summed E-state index contributed by atoms with van der Waals surface area (Å²) in [4.78, 5) is 16.2. The number of nitrogens with zero attached hydrogens (tertiary/aromatic N) is 2. The number of rotatable bonds is 3. The maximum absolute atomic E-state index is 13.0. The molecule has 0 bridgehead atoms. The Balaban J connectivity index is 1.71. The van der Waals surface area contributed by atoms with Crippen molar-refractivity contribution in [2.24, 2.45) is 0 Å². The fourth-order valence-electron chi connectivity index (χ4n) is 2.48. The van der Waals surface area contributed by atoms with Gasteiger partial charge in [0.15, 0.2) is 0 Å². The molecule has 2 N–H and O–H groups in total. The summed E-state index contributed by atoms with van der Waals surface area (Å²) in [5.74, 6) is 0.812. The van der Waals surface area contributed by atoms with E-state index in [4.69, 9.17) is 0 Å². The monoisotopic (exact) mass is 360 g/mol. The van der Waals surface area contributed by atoms with Crippen molar-refractivity contribution in [3.63, 3.8) is 0 Å². The van der Waals surface area contributed by atoms with Crippen LogP contribution in [0.5, 0.6) is 0 Å². The zero-order valence-corrected chi connectivity index (χ0v) is 13.7. The Morgan fingerprint density at radius 3 is 2.35 bits per heavy atom. The van der Waals surface area contributed by atoms with Gasteiger partial charge in [0.1, 0.15) is 5.82 Å². The summed E-state index contributed by atoms with van der Waals surface area (Å²) in [6, 6.07) is 10.9. The zero-order valence-electron chi connectivity index (χ0n) is 13.7. The lowest BCUT2D eigenvalue weighted by Gasteiger charge is -2.14. The summed E-state index contributed by atoms with van der Waals surface area (Å²) in [6.45, 7) is 1.86. The number of anilines is 2. The number of nitrogens with one attached hydrogen (secondary N) is 2. The normalized spacial score (nSPS) is 11.2. The van der Waals surface area contributed by atoms with Crippen LogP contribution in [0.15, 0.2) is 60.9 Å². The number of benzene rings is 2. The lowest BCUT2D eigenvalue weighted by Crippen LogP contribution is -2.21. The van der Waals surface area contributed by atoms with Gasteiger partial charge >= 0.3 is 12.2 Å².